The molecule has 4 aliphatic rings. The molecule has 0 bridgehead atoms. The third kappa shape index (κ3) is 9.57. The number of fused-ring (bicyclic) bond motifs is 1. The van der Waals surface area contributed by atoms with Gasteiger partial charge in [-0.3, -0.25) is 29.6 Å². The number of piperidine rings is 3. The smallest absolute Gasteiger partial charge is 0.249 e. The Morgan fingerprint density at radius 2 is 1.85 bits per heavy atom. The van der Waals surface area contributed by atoms with Crippen LogP contribution in [-0.2, 0) is 19.1 Å². The van der Waals surface area contributed by atoms with Crippen molar-refractivity contribution in [1.82, 2.24) is 29.4 Å². The fourth-order valence-corrected chi connectivity index (χ4v) is 9.20. The van der Waals surface area contributed by atoms with Gasteiger partial charge in [-0.25, -0.2) is 18.1 Å². The van der Waals surface area contributed by atoms with Crippen LogP contribution in [0.1, 0.15) is 80.5 Å². The molecule has 5 heterocycles. The van der Waals surface area contributed by atoms with Gasteiger partial charge in [-0.2, -0.15) is 5.26 Å². The van der Waals surface area contributed by atoms with Crippen molar-refractivity contribution in [1.29, 1.82) is 5.26 Å². The Morgan fingerprint density at radius 1 is 1.05 bits per heavy atom. The lowest BCUT2D eigenvalue weighted by Gasteiger charge is -2.40. The highest BCUT2D eigenvalue weighted by atomic mass is 32.2. The Labute approximate surface area is 357 Å². The summed E-state index contributed by atoms with van der Waals surface area (Å²) in [5, 5.41) is 15.3. The summed E-state index contributed by atoms with van der Waals surface area (Å²) in [7, 11) is 1.90. The molecule has 2 unspecified atom stereocenters. The van der Waals surface area contributed by atoms with Crippen LogP contribution < -0.4 is 20.1 Å². The molecule has 3 aromatic carbocycles. The first-order chi connectivity index (χ1) is 29.5. The zero-order valence-corrected chi connectivity index (χ0v) is 35.0. The Balaban J connectivity index is 0.820. The van der Waals surface area contributed by atoms with E-state index in [4.69, 9.17) is 14.5 Å². The van der Waals surface area contributed by atoms with Gasteiger partial charge in [0.15, 0.2) is 11.6 Å². The van der Waals surface area contributed by atoms with Crippen LogP contribution in [0.25, 0.3) is 11.0 Å². The monoisotopic (exact) mass is 853 g/mol. The molecule has 14 nitrogen and oxygen atoms in total. The number of hydrogen-bond donors (Lipinski definition) is 3. The molecule has 3 N–H and O–H groups in total. The molecule has 0 radical (unpaired) electrons. The van der Waals surface area contributed by atoms with Crippen LogP contribution in [0.2, 0.25) is 0 Å². The summed E-state index contributed by atoms with van der Waals surface area (Å²) >= 11 is 1.30. The van der Waals surface area contributed by atoms with Gasteiger partial charge in [-0.15, -0.1) is 0 Å². The number of nitrogens with one attached hydrogen (secondary N) is 3. The van der Waals surface area contributed by atoms with Gasteiger partial charge in [0, 0.05) is 62.1 Å². The maximum Gasteiger partial charge on any atom is 0.249 e. The lowest BCUT2D eigenvalue weighted by atomic mass is 9.84. The number of ether oxygens (including phenoxy) is 2. The van der Waals surface area contributed by atoms with E-state index in [1.165, 1.54) is 30.3 Å². The Bertz CT molecular complexity index is 2350. The van der Waals surface area contributed by atoms with Crippen molar-refractivity contribution in [2.75, 3.05) is 63.0 Å². The van der Waals surface area contributed by atoms with Crippen molar-refractivity contribution in [2.24, 2.45) is 0 Å². The summed E-state index contributed by atoms with van der Waals surface area (Å²) in [6, 6.07) is 14.4. The predicted octanol–water partition coefficient (Wildman–Crippen LogP) is 6.46. The van der Waals surface area contributed by atoms with Crippen LogP contribution >= 0.6 is 12.1 Å². The van der Waals surface area contributed by atoms with E-state index in [9.17, 15) is 19.6 Å². The number of hydrogen-bond acceptors (Lipinski definition) is 13. The van der Waals surface area contributed by atoms with E-state index in [0.29, 0.717) is 79.5 Å². The quantitative estimate of drug-likeness (QED) is 0.105. The number of benzene rings is 3. The summed E-state index contributed by atoms with van der Waals surface area (Å²) in [5.41, 5.74) is 3.30. The molecule has 8 rings (SSSR count). The van der Waals surface area contributed by atoms with Gasteiger partial charge in [0.2, 0.25) is 17.7 Å². The molecule has 61 heavy (non-hydrogen) atoms. The summed E-state index contributed by atoms with van der Waals surface area (Å²) in [6.45, 7) is 6.15. The van der Waals surface area contributed by atoms with Gasteiger partial charge in [-0.1, -0.05) is 13.0 Å². The number of nitrogens with zero attached hydrogens (tertiary/aromatic N) is 6. The van der Waals surface area contributed by atoms with Crippen LogP contribution in [0.3, 0.4) is 0 Å². The van der Waals surface area contributed by atoms with Crippen molar-refractivity contribution < 1.29 is 32.6 Å². The lowest BCUT2D eigenvalue weighted by Crippen LogP contribution is -2.50. The number of nitriles is 1. The first kappa shape index (κ1) is 42.3. The number of rotatable bonds is 12. The van der Waals surface area contributed by atoms with E-state index in [2.05, 4.69) is 31.3 Å². The minimum Gasteiger partial charge on any atom is -0.453 e. The molecule has 2 atom stereocenters. The number of likely N-dealkylation sites (tertiary alicyclic amines) is 2. The molecule has 320 valence electrons. The summed E-state index contributed by atoms with van der Waals surface area (Å²) < 4.78 is 47.8. The van der Waals surface area contributed by atoms with Crippen molar-refractivity contribution in [3.05, 3.63) is 83.2 Å². The molecule has 4 saturated heterocycles. The topological polar surface area (TPSA) is 165 Å². The van der Waals surface area contributed by atoms with E-state index >= 15 is 8.78 Å². The van der Waals surface area contributed by atoms with Gasteiger partial charge in [0.25, 0.3) is 0 Å². The van der Waals surface area contributed by atoms with E-state index in [-0.39, 0.29) is 52.8 Å². The number of carbonyl (C=O) groups is 3. The van der Waals surface area contributed by atoms with Crippen LogP contribution in [0.15, 0.2) is 54.7 Å². The van der Waals surface area contributed by atoms with E-state index in [1.54, 1.807) is 36.5 Å². The molecule has 0 aliphatic carbocycles. The van der Waals surface area contributed by atoms with Crippen LogP contribution in [0.4, 0.5) is 20.2 Å². The summed E-state index contributed by atoms with van der Waals surface area (Å²) in [4.78, 5) is 50.7. The minimum absolute atomic E-state index is 0.0109. The zero-order chi connectivity index (χ0) is 42.7. The molecular weight excluding hydrogens is 805 g/mol. The molecule has 4 fully saturated rings. The SMILES string of the molecule is CCN(C)SNc1ccc(F)c(Oc2ccc3ncc(C4COC5(CCN(C(=O)CN6CCC(c7ccc(NC8CCC(=O)NC8=O)cc7F)CC6)CC5)C4)nc3c2)c1C#N. The van der Waals surface area contributed by atoms with Gasteiger partial charge in [0.05, 0.1) is 41.2 Å². The van der Waals surface area contributed by atoms with Gasteiger partial charge in [-0.05, 0) is 107 Å². The molecule has 1 spiro atoms. The minimum atomic E-state index is -0.654. The van der Waals surface area contributed by atoms with E-state index in [0.717, 1.165) is 44.3 Å². The van der Waals surface area contributed by atoms with Gasteiger partial charge < -0.3 is 24.4 Å². The third-order valence-electron chi connectivity index (χ3n) is 12.4. The fraction of sp³-hybridized carbons (Fsp3) is 0.455. The molecule has 0 saturated carbocycles. The molecule has 17 heteroatoms. The van der Waals surface area contributed by atoms with E-state index in [1.807, 2.05) is 23.2 Å². The molecule has 3 amide bonds. The first-order valence-electron chi connectivity index (χ1n) is 20.8. The Hall–Kier alpha value is -5.41. The number of anilines is 2. The second kappa shape index (κ2) is 18.3. The largest absolute Gasteiger partial charge is 0.453 e. The first-order valence-corrected chi connectivity index (χ1v) is 21.6. The Kier molecular flexibility index (Phi) is 12.7. The second-order valence-corrected chi connectivity index (χ2v) is 17.3. The molecule has 4 aromatic rings. The van der Waals surface area contributed by atoms with Crippen LogP contribution in [0, 0.1) is 23.0 Å². The summed E-state index contributed by atoms with van der Waals surface area (Å²) in [6.07, 6.45) is 6.05. The van der Waals surface area contributed by atoms with Crippen LogP contribution in [0.5, 0.6) is 11.5 Å². The fourth-order valence-electron chi connectivity index (χ4n) is 8.65. The number of aromatic nitrogens is 2. The Morgan fingerprint density at radius 3 is 2.59 bits per heavy atom. The van der Waals surface area contributed by atoms with Crippen molar-refractivity contribution >= 4 is 52.3 Å². The number of imide groups is 1. The highest BCUT2D eigenvalue weighted by molar-refractivity contribution is 7.98. The normalized spacial score (nSPS) is 20.8. The lowest BCUT2D eigenvalue weighted by molar-refractivity contribution is -0.137. The molecule has 4 aliphatic heterocycles. The molecular formula is C44H49F2N9O5S. The summed E-state index contributed by atoms with van der Waals surface area (Å²) in [5.74, 6) is -1.39. The highest BCUT2D eigenvalue weighted by Crippen LogP contribution is 2.43. The van der Waals surface area contributed by atoms with Crippen molar-refractivity contribution in [2.45, 2.75) is 75.3 Å². The van der Waals surface area contributed by atoms with Gasteiger partial charge >= 0.3 is 0 Å². The average Bonchev–Trinajstić information content (AvgIpc) is 3.68. The average molecular weight is 854 g/mol. The van der Waals surface area contributed by atoms with Crippen molar-refractivity contribution in [3.63, 3.8) is 0 Å². The standard InChI is InChI=1S/C44H49F2N9O5S/c1-3-53(2)61-52-35-9-7-33(45)42(32(35)23-47)60-30-5-8-36-38(21-30)50-39(24-48-36)28-22-44(59-26-28)14-18-55(19-15-44)41(57)25-54-16-12-27(13-17-54)31-6-4-29(20-34(31)46)49-37-10-11-40(56)51-43(37)58/h4-9,20-21,24,27-28,37,49,52H,3,10-19,22,25-26H2,1-2H3,(H,51,56,58). The maximum atomic E-state index is 15.3. The predicted molar refractivity (Wildman–Crippen MR) is 227 cm³/mol. The maximum absolute atomic E-state index is 15.3. The number of carbonyl (C=O) groups excluding carboxylic acids is 3. The molecule has 1 aromatic heterocycles. The number of halogens is 2. The zero-order valence-electron chi connectivity index (χ0n) is 34.2. The van der Waals surface area contributed by atoms with E-state index < -0.39 is 17.8 Å². The number of amides is 3. The van der Waals surface area contributed by atoms with Crippen LogP contribution in [-0.4, -0.2) is 106 Å². The van der Waals surface area contributed by atoms with Gasteiger partial charge in [0.1, 0.15) is 29.2 Å². The van der Waals surface area contributed by atoms with Crippen molar-refractivity contribution in [3.8, 4) is 17.6 Å². The highest BCUT2D eigenvalue weighted by Gasteiger charge is 2.44. The second-order valence-electron chi connectivity index (χ2n) is 16.3. The third-order valence-corrected chi connectivity index (χ3v) is 13.2.